The predicted molar refractivity (Wildman–Crippen MR) is 115 cm³/mol. The smallest absolute Gasteiger partial charge is 0.143 e. The van der Waals surface area contributed by atoms with Gasteiger partial charge in [-0.05, 0) is 64.4 Å². The molecule has 0 amide bonds. The predicted octanol–water partition coefficient (Wildman–Crippen LogP) is 6.27. The Kier molecular flexibility index (Phi) is 4.67. The normalized spacial score (nSPS) is 11.0. The highest BCUT2D eigenvalue weighted by Crippen LogP contribution is 2.37. The maximum Gasteiger partial charge on any atom is 0.143 e. The fourth-order valence-corrected chi connectivity index (χ4v) is 4.05. The molecule has 0 saturated carbocycles. The largest absolute Gasteiger partial charge is 0.340 e. The van der Waals surface area contributed by atoms with Crippen LogP contribution in [0.2, 0.25) is 0 Å². The Labute approximate surface area is 164 Å². The minimum absolute atomic E-state index is 0.849. The number of anilines is 2. The van der Waals surface area contributed by atoms with Crippen molar-refractivity contribution in [3.05, 3.63) is 69.4 Å². The summed E-state index contributed by atoms with van der Waals surface area (Å²) in [6.07, 6.45) is 2.67. The van der Waals surface area contributed by atoms with E-state index < -0.39 is 0 Å². The van der Waals surface area contributed by atoms with E-state index in [2.05, 4.69) is 98.7 Å². The Morgan fingerprint density at radius 2 is 1.76 bits per heavy atom. The highest BCUT2D eigenvalue weighted by atomic mass is 127. The Balaban J connectivity index is 1.79. The third kappa shape index (κ3) is 3.39. The van der Waals surface area contributed by atoms with Crippen LogP contribution in [-0.2, 0) is 6.42 Å². The average molecular weight is 457 g/mol. The lowest BCUT2D eigenvalue weighted by atomic mass is 10.0. The molecule has 0 aliphatic rings. The first kappa shape index (κ1) is 16.5. The number of nitrogens with zero attached hydrogens (tertiary/aromatic N) is 2. The highest BCUT2D eigenvalue weighted by Gasteiger charge is 2.13. The van der Waals surface area contributed by atoms with E-state index in [1.165, 1.54) is 20.3 Å². The van der Waals surface area contributed by atoms with Crippen LogP contribution in [0.1, 0.15) is 12.5 Å². The van der Waals surface area contributed by atoms with Gasteiger partial charge in [-0.2, -0.15) is 0 Å². The first-order valence-corrected chi connectivity index (χ1v) is 10.0. The summed E-state index contributed by atoms with van der Waals surface area (Å²) in [5.74, 6) is 0.849. The summed E-state index contributed by atoms with van der Waals surface area (Å²) in [6, 6.07) is 17.0. The van der Waals surface area contributed by atoms with Gasteiger partial charge in [0.05, 0.1) is 5.39 Å². The number of rotatable bonds is 4. The molecule has 0 atom stereocenters. The molecule has 0 unspecified atom stereocenters. The molecule has 124 valence electrons. The van der Waals surface area contributed by atoms with Gasteiger partial charge in [0.1, 0.15) is 17.0 Å². The number of hydrogen-bond acceptors (Lipinski definition) is 4. The Morgan fingerprint density at radius 3 is 2.48 bits per heavy atom. The molecule has 1 N–H and O–H groups in total. The minimum atomic E-state index is 0.849. The number of thiophene rings is 1. The quantitative estimate of drug-likeness (QED) is 0.367. The molecule has 4 aromatic rings. The van der Waals surface area contributed by atoms with Crippen molar-refractivity contribution in [2.24, 2.45) is 0 Å². The second-order valence-corrected chi connectivity index (χ2v) is 7.84. The van der Waals surface area contributed by atoms with Crippen molar-refractivity contribution in [2.45, 2.75) is 13.3 Å². The maximum atomic E-state index is 4.50. The van der Waals surface area contributed by atoms with Crippen LogP contribution in [0.4, 0.5) is 11.5 Å². The van der Waals surface area contributed by atoms with Crippen molar-refractivity contribution in [2.75, 3.05) is 5.32 Å². The molecule has 2 aromatic heterocycles. The summed E-state index contributed by atoms with van der Waals surface area (Å²) >= 11 is 3.96. The van der Waals surface area contributed by atoms with Gasteiger partial charge in [0.2, 0.25) is 0 Å². The summed E-state index contributed by atoms with van der Waals surface area (Å²) in [7, 11) is 0. The van der Waals surface area contributed by atoms with Crippen LogP contribution in [0.15, 0.2) is 60.2 Å². The van der Waals surface area contributed by atoms with Gasteiger partial charge in [0.25, 0.3) is 0 Å². The van der Waals surface area contributed by atoms with E-state index in [1.54, 1.807) is 17.7 Å². The lowest BCUT2D eigenvalue weighted by Gasteiger charge is -2.09. The number of benzene rings is 2. The topological polar surface area (TPSA) is 37.8 Å². The third-order valence-corrected chi connectivity index (χ3v) is 5.76. The molecule has 0 fully saturated rings. The van der Waals surface area contributed by atoms with E-state index in [0.717, 1.165) is 28.1 Å². The lowest BCUT2D eigenvalue weighted by molar-refractivity contribution is 1.14. The van der Waals surface area contributed by atoms with Crippen LogP contribution in [0.3, 0.4) is 0 Å². The second-order valence-electron chi connectivity index (χ2n) is 5.73. The zero-order valence-corrected chi connectivity index (χ0v) is 16.6. The number of aryl methyl sites for hydroxylation is 1. The van der Waals surface area contributed by atoms with Gasteiger partial charge in [-0.3, -0.25) is 0 Å². The molecule has 0 saturated heterocycles. The van der Waals surface area contributed by atoms with Gasteiger partial charge < -0.3 is 5.32 Å². The van der Waals surface area contributed by atoms with Gasteiger partial charge in [-0.25, -0.2) is 9.97 Å². The van der Waals surface area contributed by atoms with Crippen LogP contribution in [-0.4, -0.2) is 9.97 Å². The summed E-state index contributed by atoms with van der Waals surface area (Å²) in [6.45, 7) is 2.17. The number of aromatic nitrogens is 2. The Bertz CT molecular complexity index is 1010. The first-order valence-electron chi connectivity index (χ1n) is 8.08. The van der Waals surface area contributed by atoms with Gasteiger partial charge in [0, 0.05) is 20.2 Å². The standard InChI is InChI=1S/C20H16IN3S/c1-2-13-3-5-14(6-4-13)17-11-25-20-18(17)19(22-12-23-20)24-16-9-7-15(21)8-10-16/h3-12H,2H2,1H3,(H,22,23,24). The minimum Gasteiger partial charge on any atom is -0.340 e. The summed E-state index contributed by atoms with van der Waals surface area (Å²) in [5, 5.41) is 6.69. The first-order chi connectivity index (χ1) is 12.2. The molecule has 0 aliphatic heterocycles. The summed E-state index contributed by atoms with van der Waals surface area (Å²) in [4.78, 5) is 9.94. The molecule has 5 heteroatoms. The molecule has 0 radical (unpaired) electrons. The average Bonchev–Trinajstić information content (AvgIpc) is 3.09. The van der Waals surface area contributed by atoms with E-state index in [9.17, 15) is 0 Å². The molecule has 4 rings (SSSR count). The van der Waals surface area contributed by atoms with Crippen LogP contribution in [0.25, 0.3) is 21.3 Å². The summed E-state index contributed by atoms with van der Waals surface area (Å²) < 4.78 is 1.21. The molecule has 2 heterocycles. The summed E-state index contributed by atoms with van der Waals surface area (Å²) in [5.41, 5.74) is 4.75. The van der Waals surface area contributed by atoms with Crippen LogP contribution in [0, 0.1) is 3.57 Å². The van der Waals surface area contributed by atoms with E-state index in [0.29, 0.717) is 0 Å². The van der Waals surface area contributed by atoms with Gasteiger partial charge in [0.15, 0.2) is 0 Å². The van der Waals surface area contributed by atoms with Gasteiger partial charge in [-0.15, -0.1) is 11.3 Å². The van der Waals surface area contributed by atoms with E-state index in [1.807, 2.05) is 0 Å². The molecule has 0 spiro atoms. The zero-order valence-electron chi connectivity index (χ0n) is 13.7. The monoisotopic (exact) mass is 457 g/mol. The number of fused-ring (bicyclic) bond motifs is 1. The molecule has 2 aromatic carbocycles. The van der Waals surface area contributed by atoms with E-state index in [-0.39, 0.29) is 0 Å². The van der Waals surface area contributed by atoms with Crippen molar-refractivity contribution in [1.82, 2.24) is 9.97 Å². The van der Waals surface area contributed by atoms with Gasteiger partial charge in [-0.1, -0.05) is 31.2 Å². The molecule has 0 bridgehead atoms. The fourth-order valence-electron chi connectivity index (χ4n) is 2.77. The number of halogens is 1. The van der Waals surface area contributed by atoms with Crippen molar-refractivity contribution >= 4 is 55.6 Å². The van der Waals surface area contributed by atoms with Crippen molar-refractivity contribution in [3.8, 4) is 11.1 Å². The van der Waals surface area contributed by atoms with Gasteiger partial charge >= 0.3 is 0 Å². The molecule has 3 nitrogen and oxygen atoms in total. The number of hydrogen-bond donors (Lipinski definition) is 1. The van der Waals surface area contributed by atoms with E-state index >= 15 is 0 Å². The number of nitrogens with one attached hydrogen (secondary N) is 1. The van der Waals surface area contributed by atoms with Crippen molar-refractivity contribution in [3.63, 3.8) is 0 Å². The van der Waals surface area contributed by atoms with Crippen LogP contribution < -0.4 is 5.32 Å². The molecule has 0 aliphatic carbocycles. The van der Waals surface area contributed by atoms with Crippen LogP contribution >= 0.6 is 33.9 Å². The molecule has 25 heavy (non-hydrogen) atoms. The van der Waals surface area contributed by atoms with Crippen molar-refractivity contribution in [1.29, 1.82) is 0 Å². The lowest BCUT2D eigenvalue weighted by Crippen LogP contribution is -1.95. The maximum absolute atomic E-state index is 4.50. The van der Waals surface area contributed by atoms with E-state index in [4.69, 9.17) is 0 Å². The fraction of sp³-hybridized carbons (Fsp3) is 0.100. The second kappa shape index (κ2) is 7.09. The Morgan fingerprint density at radius 1 is 1.00 bits per heavy atom. The highest BCUT2D eigenvalue weighted by molar-refractivity contribution is 14.1. The third-order valence-electron chi connectivity index (χ3n) is 4.15. The van der Waals surface area contributed by atoms with Crippen LogP contribution in [0.5, 0.6) is 0 Å². The molecular weight excluding hydrogens is 441 g/mol. The zero-order chi connectivity index (χ0) is 17.2. The van der Waals surface area contributed by atoms with Crippen molar-refractivity contribution < 1.29 is 0 Å². The SMILES string of the molecule is CCc1ccc(-c2csc3ncnc(Nc4ccc(I)cc4)c23)cc1. The Hall–Kier alpha value is -1.99. The molecular formula is C20H16IN3S.